The van der Waals surface area contributed by atoms with Crippen molar-refractivity contribution in [2.45, 2.75) is 0 Å². The second kappa shape index (κ2) is 3.59. The van der Waals surface area contributed by atoms with Crippen LogP contribution in [0, 0.1) is 0 Å². The molecule has 2 nitrogen and oxygen atoms in total. The summed E-state index contributed by atoms with van der Waals surface area (Å²) >= 11 is -1.96. The van der Waals surface area contributed by atoms with Gasteiger partial charge in [0, 0.05) is 0 Å². The van der Waals surface area contributed by atoms with Crippen molar-refractivity contribution < 1.29 is 15.2 Å². The number of hydrogen-bond acceptors (Lipinski definition) is 2. The van der Waals surface area contributed by atoms with Gasteiger partial charge < -0.3 is 0 Å². The summed E-state index contributed by atoms with van der Waals surface area (Å²) in [6, 6.07) is 0. The molecule has 0 rings (SSSR count). The Labute approximate surface area is 55.9 Å². The minimum absolute atomic E-state index is 0.438. The second-order valence-corrected chi connectivity index (χ2v) is 8.09. The van der Waals surface area contributed by atoms with E-state index in [2.05, 4.69) is 0 Å². The monoisotopic (exact) mass is 322 g/mol. The predicted molar refractivity (Wildman–Crippen MR) is 28.2 cm³/mol. The Morgan fingerprint density at radius 2 is 2.00 bits per heavy atom. The fraction of sp³-hybridized carbons (Fsp3) is 0. The van der Waals surface area contributed by atoms with Gasteiger partial charge in [-0.15, -0.1) is 0 Å². The van der Waals surface area contributed by atoms with Gasteiger partial charge in [0.1, 0.15) is 0 Å². The van der Waals surface area contributed by atoms with Crippen molar-refractivity contribution in [2.75, 3.05) is 0 Å². The molecule has 0 amide bonds. The van der Waals surface area contributed by atoms with Crippen molar-refractivity contribution in [1.82, 2.24) is 0 Å². The Hall–Kier alpha value is 0.608. The molecular formula is C2H5Cl2N2Pt. The zero-order valence-electron chi connectivity index (χ0n) is 3.30. The predicted octanol–water partition coefficient (Wildman–Crippen LogP) is 0.629. The molecule has 0 aromatic heterocycles. The molecule has 0 aromatic rings. The maximum atomic E-state index is 5.38. The van der Waals surface area contributed by atoms with Gasteiger partial charge in [-0.2, -0.15) is 0 Å². The van der Waals surface area contributed by atoms with E-state index in [0.29, 0.717) is 4.09 Å². The molecule has 0 saturated carbocycles. The van der Waals surface area contributed by atoms with Gasteiger partial charge in [0.15, 0.2) is 0 Å². The fourth-order valence-corrected chi connectivity index (χ4v) is 0.978. The van der Waals surface area contributed by atoms with Crippen LogP contribution in [0.2, 0.25) is 0 Å². The molecule has 0 unspecified atom stereocenters. The van der Waals surface area contributed by atoms with E-state index in [1.807, 2.05) is 0 Å². The third-order valence-corrected chi connectivity index (χ3v) is 3.92. The van der Waals surface area contributed by atoms with Crippen LogP contribution >= 0.6 is 18.8 Å². The van der Waals surface area contributed by atoms with Gasteiger partial charge in [-0.05, 0) is 0 Å². The normalized spacial score (nSPS) is 14.0. The third kappa shape index (κ3) is 3.21. The summed E-state index contributed by atoms with van der Waals surface area (Å²) in [6.07, 6.45) is 1.24. The van der Waals surface area contributed by atoms with E-state index in [1.165, 1.54) is 6.20 Å². The molecule has 0 spiro atoms. The first-order valence-corrected chi connectivity index (χ1v) is 8.07. The first kappa shape index (κ1) is 7.61. The number of rotatable bonds is 1. The van der Waals surface area contributed by atoms with Crippen LogP contribution in [0.4, 0.5) is 0 Å². The molecule has 0 saturated heterocycles. The van der Waals surface area contributed by atoms with Crippen molar-refractivity contribution in [2.24, 2.45) is 11.5 Å². The van der Waals surface area contributed by atoms with Crippen molar-refractivity contribution in [3.63, 3.8) is 0 Å². The number of nitrogens with two attached hydrogens (primary N) is 2. The molecule has 0 radical (unpaired) electrons. The van der Waals surface area contributed by atoms with Gasteiger partial charge in [-0.3, -0.25) is 0 Å². The Balaban J connectivity index is 3.56. The molecule has 0 atom stereocenters. The number of halogens is 2. The minimum atomic E-state index is -1.96. The summed E-state index contributed by atoms with van der Waals surface area (Å²) in [5.41, 5.74) is 10.1. The first-order valence-electron chi connectivity index (χ1n) is 1.31. The van der Waals surface area contributed by atoms with Gasteiger partial charge in [-0.1, -0.05) is 0 Å². The molecule has 0 aliphatic rings. The van der Waals surface area contributed by atoms with Crippen LogP contribution < -0.4 is 11.5 Å². The van der Waals surface area contributed by atoms with E-state index in [9.17, 15) is 0 Å². The Morgan fingerprint density at radius 3 is 2.00 bits per heavy atom. The molecule has 0 fully saturated rings. The summed E-state index contributed by atoms with van der Waals surface area (Å²) in [4.78, 5) is 0. The molecule has 0 aliphatic heterocycles. The van der Waals surface area contributed by atoms with Crippen molar-refractivity contribution in [3.8, 4) is 0 Å². The molecule has 7 heavy (non-hydrogen) atoms. The van der Waals surface area contributed by atoms with E-state index in [4.69, 9.17) is 30.3 Å². The van der Waals surface area contributed by atoms with Gasteiger partial charge in [-0.25, -0.2) is 0 Å². The summed E-state index contributed by atoms with van der Waals surface area (Å²) in [5.74, 6) is 0. The van der Waals surface area contributed by atoms with E-state index >= 15 is 0 Å². The Morgan fingerprint density at radius 1 is 1.57 bits per heavy atom. The first-order chi connectivity index (χ1) is 3.18. The van der Waals surface area contributed by atoms with Crippen LogP contribution in [0.1, 0.15) is 0 Å². The fourth-order valence-electron chi connectivity index (χ4n) is 0.0398. The Kier molecular flexibility index (Phi) is 3.90. The van der Waals surface area contributed by atoms with Gasteiger partial charge in [0.05, 0.1) is 0 Å². The molecule has 0 aliphatic carbocycles. The molecular weight excluding hydrogens is 318 g/mol. The van der Waals surface area contributed by atoms with Crippen molar-refractivity contribution in [3.05, 3.63) is 10.3 Å². The van der Waals surface area contributed by atoms with Crippen LogP contribution in [-0.4, -0.2) is 0 Å². The SMILES string of the molecule is NC=[C](N)[Pt]([Cl])[Cl]. The molecule has 0 heterocycles. The van der Waals surface area contributed by atoms with Crippen molar-refractivity contribution in [1.29, 1.82) is 0 Å². The second-order valence-electron chi connectivity index (χ2n) is 0.681. The van der Waals surface area contributed by atoms with Crippen LogP contribution in [-0.2, 0) is 15.2 Å². The summed E-state index contributed by atoms with van der Waals surface area (Å²) < 4.78 is 0.438. The number of hydrogen-bond donors (Lipinski definition) is 2. The third-order valence-electron chi connectivity index (χ3n) is 0.287. The van der Waals surface area contributed by atoms with E-state index in [-0.39, 0.29) is 0 Å². The Bertz CT molecular complexity index is 81.8. The standard InChI is InChI=1S/C2H5N2.2ClH.Pt/c3-1-2-4;;;/h1H,3-4H2;2*1H;/q;;;+2/p-2. The average Bonchev–Trinajstić information content (AvgIpc) is 1.65. The summed E-state index contributed by atoms with van der Waals surface area (Å²) in [5, 5.41) is 0. The van der Waals surface area contributed by atoms with Gasteiger partial charge >= 0.3 is 55.8 Å². The zero-order chi connectivity index (χ0) is 5.86. The van der Waals surface area contributed by atoms with Gasteiger partial charge in [0.25, 0.3) is 0 Å². The van der Waals surface area contributed by atoms with Crippen LogP contribution in [0.3, 0.4) is 0 Å². The van der Waals surface area contributed by atoms with Crippen LogP contribution in [0.5, 0.6) is 0 Å². The molecule has 5 heteroatoms. The summed E-state index contributed by atoms with van der Waals surface area (Å²) in [7, 11) is 10.8. The van der Waals surface area contributed by atoms with E-state index < -0.39 is 15.2 Å². The summed E-state index contributed by atoms with van der Waals surface area (Å²) in [6.45, 7) is 0. The van der Waals surface area contributed by atoms with Crippen molar-refractivity contribution >= 4 is 18.8 Å². The molecule has 0 aromatic carbocycles. The van der Waals surface area contributed by atoms with E-state index in [0.717, 1.165) is 0 Å². The maximum absolute atomic E-state index is 5.38. The molecule has 47 valence electrons. The van der Waals surface area contributed by atoms with Crippen LogP contribution in [0.25, 0.3) is 0 Å². The zero-order valence-corrected chi connectivity index (χ0v) is 7.09. The molecule has 0 bridgehead atoms. The van der Waals surface area contributed by atoms with Gasteiger partial charge in [0.2, 0.25) is 0 Å². The van der Waals surface area contributed by atoms with E-state index in [1.54, 1.807) is 0 Å². The van der Waals surface area contributed by atoms with Crippen LogP contribution in [0.15, 0.2) is 10.3 Å². The average molecular weight is 323 g/mol. The topological polar surface area (TPSA) is 52.0 Å². The quantitative estimate of drug-likeness (QED) is 0.744. The molecule has 4 N–H and O–H groups in total.